The van der Waals surface area contributed by atoms with Crippen molar-refractivity contribution < 1.29 is 23.8 Å². The summed E-state index contributed by atoms with van der Waals surface area (Å²) >= 11 is 0. The van der Waals surface area contributed by atoms with Crippen molar-refractivity contribution in [1.29, 1.82) is 0 Å². The van der Waals surface area contributed by atoms with Crippen molar-refractivity contribution in [2.75, 3.05) is 40.0 Å². The van der Waals surface area contributed by atoms with Gasteiger partial charge in [-0.15, -0.1) is 0 Å². The first-order chi connectivity index (χ1) is 28.4. The average molecular weight is 822 g/mol. The first-order valence-corrected chi connectivity index (χ1v) is 26.0. The van der Waals surface area contributed by atoms with Crippen LogP contribution in [-0.2, 0) is 23.8 Å². The molecule has 346 valence electrons. The van der Waals surface area contributed by atoms with Crippen LogP contribution in [0, 0.1) is 11.8 Å². The maximum atomic E-state index is 12.5. The molecular formula is C52H103NO5. The van der Waals surface area contributed by atoms with Crippen molar-refractivity contribution in [3.05, 3.63) is 0 Å². The molecule has 0 N–H and O–H groups in total. The van der Waals surface area contributed by atoms with Gasteiger partial charge in [0.2, 0.25) is 0 Å². The van der Waals surface area contributed by atoms with Gasteiger partial charge in [0.05, 0.1) is 19.3 Å². The van der Waals surface area contributed by atoms with Gasteiger partial charge in [-0.2, -0.15) is 0 Å². The van der Waals surface area contributed by atoms with Crippen LogP contribution in [0.25, 0.3) is 0 Å². The summed E-state index contributed by atoms with van der Waals surface area (Å²) in [5.74, 6) is 1.09. The van der Waals surface area contributed by atoms with Crippen molar-refractivity contribution in [2.45, 2.75) is 272 Å². The van der Waals surface area contributed by atoms with Gasteiger partial charge >= 0.3 is 11.9 Å². The summed E-state index contributed by atoms with van der Waals surface area (Å²) in [6.07, 6.45) is 43.2. The van der Waals surface area contributed by atoms with Crippen molar-refractivity contribution in [3.8, 4) is 0 Å². The third kappa shape index (κ3) is 40.3. The van der Waals surface area contributed by atoms with E-state index in [4.69, 9.17) is 14.2 Å². The molecular weight excluding hydrogens is 719 g/mol. The molecule has 6 heteroatoms. The normalized spacial score (nSPS) is 11.8. The fourth-order valence-electron chi connectivity index (χ4n) is 8.31. The number of esters is 2. The van der Waals surface area contributed by atoms with Crippen LogP contribution in [-0.4, -0.2) is 62.9 Å². The van der Waals surface area contributed by atoms with E-state index in [0.717, 1.165) is 51.8 Å². The molecule has 0 spiro atoms. The van der Waals surface area contributed by atoms with Crippen LogP contribution < -0.4 is 0 Å². The topological polar surface area (TPSA) is 65.1 Å². The molecule has 0 saturated carbocycles. The van der Waals surface area contributed by atoms with Gasteiger partial charge in [0, 0.05) is 19.4 Å². The number of ether oxygens (including phenoxy) is 3. The Kier molecular flexibility index (Phi) is 44.5. The Labute approximate surface area is 363 Å². The molecule has 0 atom stereocenters. The molecule has 0 saturated heterocycles. The van der Waals surface area contributed by atoms with E-state index >= 15 is 0 Å². The first-order valence-electron chi connectivity index (χ1n) is 26.0. The van der Waals surface area contributed by atoms with Gasteiger partial charge in [0.1, 0.15) is 0 Å². The van der Waals surface area contributed by atoms with Gasteiger partial charge in [-0.3, -0.25) is 9.59 Å². The zero-order chi connectivity index (χ0) is 42.6. The predicted octanol–water partition coefficient (Wildman–Crippen LogP) is 15.8. The molecule has 58 heavy (non-hydrogen) atoms. The highest BCUT2D eigenvalue weighted by atomic mass is 16.5. The molecule has 0 rings (SSSR count). The van der Waals surface area contributed by atoms with E-state index in [1.807, 2.05) is 0 Å². The average Bonchev–Trinajstić information content (AvgIpc) is 3.21. The number of hydrogen-bond acceptors (Lipinski definition) is 6. The third-order valence-corrected chi connectivity index (χ3v) is 12.5. The number of carbonyl (C=O) groups is 2. The lowest BCUT2D eigenvalue weighted by Crippen LogP contribution is -2.20. The lowest BCUT2D eigenvalue weighted by Gasteiger charge is -2.19. The highest BCUT2D eigenvalue weighted by Gasteiger charge is 2.16. The summed E-state index contributed by atoms with van der Waals surface area (Å²) in [5, 5.41) is 0. The van der Waals surface area contributed by atoms with Gasteiger partial charge in [0.25, 0.3) is 0 Å². The zero-order valence-electron chi connectivity index (χ0n) is 40.2. The summed E-state index contributed by atoms with van der Waals surface area (Å²) in [7, 11) is 2.20. The van der Waals surface area contributed by atoms with Crippen LogP contribution in [0.3, 0.4) is 0 Å². The number of nitrogens with zero attached hydrogens (tertiary/aromatic N) is 1. The lowest BCUT2D eigenvalue weighted by molar-refractivity contribution is -0.146. The fourth-order valence-corrected chi connectivity index (χ4v) is 8.31. The molecule has 0 aromatic rings. The Morgan fingerprint density at radius 3 is 1.09 bits per heavy atom. The van der Waals surface area contributed by atoms with Crippen LogP contribution in [0.5, 0.6) is 0 Å². The van der Waals surface area contributed by atoms with Crippen LogP contribution in [0.4, 0.5) is 0 Å². The van der Waals surface area contributed by atoms with Crippen molar-refractivity contribution in [3.63, 3.8) is 0 Å². The Hall–Kier alpha value is -1.14. The SMILES string of the molecule is CCCCCC(CCCCC)CC(=O)OCCCCCCCCCC(CCCCCCCCCOC(=O)CC(CCCCC)CCCCC)OCCCCN(C)CC. The Morgan fingerprint density at radius 2 is 0.724 bits per heavy atom. The lowest BCUT2D eigenvalue weighted by atomic mass is 9.92. The molecule has 0 aliphatic carbocycles. The second-order valence-electron chi connectivity index (χ2n) is 18.2. The van der Waals surface area contributed by atoms with E-state index < -0.39 is 0 Å². The molecule has 0 unspecified atom stereocenters. The molecule has 0 aromatic heterocycles. The second kappa shape index (κ2) is 45.4. The van der Waals surface area contributed by atoms with Crippen LogP contribution in [0.15, 0.2) is 0 Å². The molecule has 6 nitrogen and oxygen atoms in total. The number of rotatable bonds is 47. The molecule has 0 heterocycles. The molecule has 0 amide bonds. The Morgan fingerprint density at radius 1 is 0.397 bits per heavy atom. The summed E-state index contributed by atoms with van der Waals surface area (Å²) in [5.41, 5.74) is 0. The van der Waals surface area contributed by atoms with Crippen LogP contribution in [0.2, 0.25) is 0 Å². The zero-order valence-corrected chi connectivity index (χ0v) is 40.2. The van der Waals surface area contributed by atoms with E-state index in [1.165, 1.54) is 186 Å². The fraction of sp³-hybridized carbons (Fsp3) is 0.962. The minimum atomic E-state index is 0.0312. The Balaban J connectivity index is 4.20. The second-order valence-corrected chi connectivity index (χ2v) is 18.2. The number of unbranched alkanes of at least 4 members (excludes halogenated alkanes) is 21. The largest absolute Gasteiger partial charge is 0.466 e. The predicted molar refractivity (Wildman–Crippen MR) is 251 cm³/mol. The van der Waals surface area contributed by atoms with Gasteiger partial charge in [-0.1, -0.05) is 189 Å². The van der Waals surface area contributed by atoms with E-state index in [9.17, 15) is 9.59 Å². The van der Waals surface area contributed by atoms with Crippen molar-refractivity contribution >= 4 is 11.9 Å². The summed E-state index contributed by atoms with van der Waals surface area (Å²) in [4.78, 5) is 27.4. The van der Waals surface area contributed by atoms with E-state index in [2.05, 4.69) is 46.6 Å². The quantitative estimate of drug-likeness (QED) is 0.0450. The molecule has 0 aliphatic rings. The molecule has 0 bridgehead atoms. The van der Waals surface area contributed by atoms with Gasteiger partial charge in [0.15, 0.2) is 0 Å². The Bertz CT molecular complexity index is 774. The van der Waals surface area contributed by atoms with E-state index in [1.54, 1.807) is 0 Å². The first kappa shape index (κ1) is 56.9. The van der Waals surface area contributed by atoms with Gasteiger partial charge in [-0.25, -0.2) is 0 Å². The monoisotopic (exact) mass is 822 g/mol. The number of carbonyl (C=O) groups excluding carboxylic acids is 2. The standard InChI is InChI=1S/C52H103NO5/c1-7-12-26-36-48(37-27-13-8-2)46-51(54)57-44-33-24-20-16-18-22-30-40-50(56-43-35-32-42-53(6)11-5)41-31-23-19-17-21-25-34-45-58-52(55)47-49(38-28-14-9-3)39-29-15-10-4/h48-50H,7-47H2,1-6H3. The maximum Gasteiger partial charge on any atom is 0.306 e. The minimum absolute atomic E-state index is 0.0312. The smallest absolute Gasteiger partial charge is 0.306 e. The van der Waals surface area contributed by atoms with Gasteiger partial charge in [-0.05, 0) is 96.2 Å². The molecule has 0 radical (unpaired) electrons. The van der Waals surface area contributed by atoms with Crippen molar-refractivity contribution in [2.24, 2.45) is 11.8 Å². The summed E-state index contributed by atoms with van der Waals surface area (Å²) in [6.45, 7) is 15.6. The molecule has 0 aromatic carbocycles. The molecule has 0 fully saturated rings. The highest BCUT2D eigenvalue weighted by Crippen LogP contribution is 2.23. The highest BCUT2D eigenvalue weighted by molar-refractivity contribution is 5.70. The minimum Gasteiger partial charge on any atom is -0.466 e. The third-order valence-electron chi connectivity index (χ3n) is 12.5. The number of hydrogen-bond donors (Lipinski definition) is 0. The maximum absolute atomic E-state index is 12.5. The van der Waals surface area contributed by atoms with Crippen molar-refractivity contribution in [1.82, 2.24) is 4.90 Å². The summed E-state index contributed by atoms with van der Waals surface area (Å²) in [6, 6.07) is 0. The van der Waals surface area contributed by atoms with Crippen LogP contribution >= 0.6 is 0 Å². The molecule has 0 aliphatic heterocycles. The van der Waals surface area contributed by atoms with E-state index in [-0.39, 0.29) is 11.9 Å². The van der Waals surface area contributed by atoms with Crippen LogP contribution in [0.1, 0.15) is 266 Å². The summed E-state index contributed by atoms with van der Waals surface area (Å²) < 4.78 is 17.8. The van der Waals surface area contributed by atoms with E-state index in [0.29, 0.717) is 44.0 Å². The van der Waals surface area contributed by atoms with Gasteiger partial charge < -0.3 is 19.1 Å².